The fourth-order valence-corrected chi connectivity index (χ4v) is 3.39. The summed E-state index contributed by atoms with van der Waals surface area (Å²) in [6, 6.07) is 14.6. The summed E-state index contributed by atoms with van der Waals surface area (Å²) in [5.41, 5.74) is 5.29. The number of carboxylic acids is 1. The smallest absolute Gasteiger partial charge is 0.314 e. The van der Waals surface area contributed by atoms with E-state index in [1.165, 1.54) is 23.2 Å². The van der Waals surface area contributed by atoms with Crippen molar-refractivity contribution in [1.29, 1.82) is 0 Å². The minimum absolute atomic E-state index is 0.613. The Morgan fingerprint density at radius 1 is 1.05 bits per heavy atom. The second kappa shape index (κ2) is 4.87. The number of benzene rings is 2. The minimum atomic E-state index is -0.694. The lowest BCUT2D eigenvalue weighted by atomic mass is 9.92. The topological polar surface area (TPSA) is 49.3 Å². The van der Waals surface area contributed by atoms with E-state index < -0.39 is 11.4 Å². The van der Waals surface area contributed by atoms with E-state index in [9.17, 15) is 9.90 Å². The van der Waals surface area contributed by atoms with E-state index in [0.717, 1.165) is 36.9 Å². The van der Waals surface area contributed by atoms with Gasteiger partial charge in [0, 0.05) is 12.2 Å². The molecule has 0 atom stereocenters. The van der Waals surface area contributed by atoms with Crippen LogP contribution >= 0.6 is 0 Å². The first-order chi connectivity index (χ1) is 10.7. The van der Waals surface area contributed by atoms with Crippen LogP contribution in [0.1, 0.15) is 30.4 Å². The summed E-state index contributed by atoms with van der Waals surface area (Å²) >= 11 is 0. The molecule has 0 aromatic heterocycles. The Bertz CT molecular complexity index is 730. The molecule has 112 valence electrons. The third kappa shape index (κ3) is 2.08. The van der Waals surface area contributed by atoms with Crippen LogP contribution in [0.2, 0.25) is 0 Å². The lowest BCUT2D eigenvalue weighted by Crippen LogP contribution is -2.19. The molecule has 0 radical (unpaired) electrons. The zero-order valence-corrected chi connectivity index (χ0v) is 12.4. The number of carbonyl (C=O) groups is 1. The van der Waals surface area contributed by atoms with Gasteiger partial charge < -0.3 is 10.4 Å². The third-order valence-electron chi connectivity index (χ3n) is 4.97. The number of rotatable bonds is 3. The Labute approximate surface area is 130 Å². The van der Waals surface area contributed by atoms with Gasteiger partial charge in [-0.2, -0.15) is 0 Å². The standard InChI is InChI=1S/C19H19NO2/c21-18(22)19(9-10-19)16-6-3-13(4-7-16)14-5-8-17-15(12-14)2-1-11-20-17/h3-8,12,20H,1-2,9-11H2,(H,21,22). The second-order valence-corrected chi connectivity index (χ2v) is 6.37. The lowest BCUT2D eigenvalue weighted by molar-refractivity contribution is -0.140. The quantitative estimate of drug-likeness (QED) is 0.904. The van der Waals surface area contributed by atoms with Gasteiger partial charge in [0.2, 0.25) is 0 Å². The van der Waals surface area contributed by atoms with E-state index in [1.807, 2.05) is 12.1 Å². The predicted molar refractivity (Wildman–Crippen MR) is 87.2 cm³/mol. The first-order valence-electron chi connectivity index (χ1n) is 7.90. The van der Waals surface area contributed by atoms with E-state index in [2.05, 4.69) is 35.6 Å². The number of aryl methyl sites for hydroxylation is 1. The maximum Gasteiger partial charge on any atom is 0.314 e. The van der Waals surface area contributed by atoms with Crippen LogP contribution in [0.15, 0.2) is 42.5 Å². The molecule has 0 saturated heterocycles. The highest BCUT2D eigenvalue weighted by Gasteiger charge is 2.51. The molecule has 1 heterocycles. The number of nitrogens with one attached hydrogen (secondary N) is 1. The molecule has 3 nitrogen and oxygen atoms in total. The van der Waals surface area contributed by atoms with E-state index in [1.54, 1.807) is 0 Å². The third-order valence-corrected chi connectivity index (χ3v) is 4.97. The Balaban J connectivity index is 1.65. The fourth-order valence-electron chi connectivity index (χ4n) is 3.39. The van der Waals surface area contributed by atoms with Crippen molar-refractivity contribution >= 4 is 11.7 Å². The Kier molecular flexibility index (Phi) is 2.96. The van der Waals surface area contributed by atoms with Crippen molar-refractivity contribution in [3.8, 4) is 11.1 Å². The number of aliphatic carboxylic acids is 1. The molecule has 2 aromatic rings. The van der Waals surface area contributed by atoms with Crippen LogP contribution in [0, 0.1) is 0 Å². The van der Waals surface area contributed by atoms with Gasteiger partial charge in [-0.15, -0.1) is 0 Å². The van der Waals surface area contributed by atoms with Crippen molar-refractivity contribution < 1.29 is 9.90 Å². The Hall–Kier alpha value is -2.29. The number of anilines is 1. The molecule has 0 unspecified atom stereocenters. The highest BCUT2D eigenvalue weighted by Crippen LogP contribution is 2.48. The fraction of sp³-hybridized carbons (Fsp3) is 0.316. The highest BCUT2D eigenvalue weighted by molar-refractivity contribution is 5.85. The van der Waals surface area contributed by atoms with Crippen molar-refractivity contribution in [2.45, 2.75) is 31.1 Å². The predicted octanol–water partition coefficient (Wildman–Crippen LogP) is 3.83. The molecule has 2 N–H and O–H groups in total. The maximum atomic E-state index is 11.4. The van der Waals surface area contributed by atoms with Crippen LogP contribution in [0.25, 0.3) is 11.1 Å². The van der Waals surface area contributed by atoms with Crippen molar-refractivity contribution in [2.75, 3.05) is 11.9 Å². The van der Waals surface area contributed by atoms with E-state index in [-0.39, 0.29) is 0 Å². The van der Waals surface area contributed by atoms with Gasteiger partial charge in [0.1, 0.15) is 0 Å². The molecule has 0 bridgehead atoms. The normalized spacial score (nSPS) is 18.2. The van der Waals surface area contributed by atoms with Crippen LogP contribution in [0.3, 0.4) is 0 Å². The molecule has 1 aliphatic heterocycles. The number of hydrogen-bond acceptors (Lipinski definition) is 2. The maximum absolute atomic E-state index is 11.4. The molecule has 1 aliphatic carbocycles. The SMILES string of the molecule is O=C(O)C1(c2ccc(-c3ccc4c(c3)CCCN4)cc2)CC1. The van der Waals surface area contributed by atoms with Gasteiger partial charge in [-0.1, -0.05) is 30.3 Å². The molecule has 22 heavy (non-hydrogen) atoms. The highest BCUT2D eigenvalue weighted by atomic mass is 16.4. The van der Waals surface area contributed by atoms with E-state index >= 15 is 0 Å². The molecular weight excluding hydrogens is 274 g/mol. The van der Waals surface area contributed by atoms with Gasteiger partial charge in [0.05, 0.1) is 5.41 Å². The van der Waals surface area contributed by atoms with Crippen LogP contribution in [0.4, 0.5) is 5.69 Å². The summed E-state index contributed by atoms with van der Waals surface area (Å²) in [5, 5.41) is 12.8. The van der Waals surface area contributed by atoms with Gasteiger partial charge in [-0.25, -0.2) is 0 Å². The van der Waals surface area contributed by atoms with E-state index in [0.29, 0.717) is 0 Å². The summed E-state index contributed by atoms with van der Waals surface area (Å²) in [5.74, 6) is -0.694. The van der Waals surface area contributed by atoms with Gasteiger partial charge >= 0.3 is 5.97 Å². The van der Waals surface area contributed by atoms with Crippen LogP contribution in [-0.4, -0.2) is 17.6 Å². The van der Waals surface area contributed by atoms with Crippen molar-refractivity contribution in [1.82, 2.24) is 0 Å². The number of carboxylic acid groups (broad SMARTS) is 1. The van der Waals surface area contributed by atoms with Crippen molar-refractivity contribution in [3.05, 3.63) is 53.6 Å². The van der Waals surface area contributed by atoms with Crippen LogP contribution in [-0.2, 0) is 16.6 Å². The van der Waals surface area contributed by atoms with Gasteiger partial charge in [-0.3, -0.25) is 4.79 Å². The Morgan fingerprint density at radius 2 is 1.77 bits per heavy atom. The zero-order valence-electron chi connectivity index (χ0n) is 12.4. The van der Waals surface area contributed by atoms with Crippen LogP contribution in [0.5, 0.6) is 0 Å². The van der Waals surface area contributed by atoms with Crippen LogP contribution < -0.4 is 5.32 Å². The molecule has 1 fully saturated rings. The molecule has 1 saturated carbocycles. The average molecular weight is 293 g/mol. The number of fused-ring (bicyclic) bond motifs is 1. The van der Waals surface area contributed by atoms with Gasteiger partial charge in [0.15, 0.2) is 0 Å². The summed E-state index contributed by atoms with van der Waals surface area (Å²) in [6.07, 6.45) is 3.81. The average Bonchev–Trinajstić information content (AvgIpc) is 3.36. The first-order valence-corrected chi connectivity index (χ1v) is 7.90. The van der Waals surface area contributed by atoms with Gasteiger partial charge in [-0.05, 0) is 60.1 Å². The first kappa shape index (κ1) is 13.4. The molecule has 2 aliphatic rings. The summed E-state index contributed by atoms with van der Waals surface area (Å²) in [6.45, 7) is 1.05. The molecule has 3 heteroatoms. The summed E-state index contributed by atoms with van der Waals surface area (Å²) < 4.78 is 0. The van der Waals surface area contributed by atoms with Crippen molar-refractivity contribution in [3.63, 3.8) is 0 Å². The molecule has 0 amide bonds. The van der Waals surface area contributed by atoms with Gasteiger partial charge in [0.25, 0.3) is 0 Å². The second-order valence-electron chi connectivity index (χ2n) is 6.37. The monoisotopic (exact) mass is 293 g/mol. The number of hydrogen-bond donors (Lipinski definition) is 2. The molecule has 2 aromatic carbocycles. The summed E-state index contributed by atoms with van der Waals surface area (Å²) in [7, 11) is 0. The molecular formula is C19H19NO2. The van der Waals surface area contributed by atoms with Crippen molar-refractivity contribution in [2.24, 2.45) is 0 Å². The largest absolute Gasteiger partial charge is 0.481 e. The molecule has 0 spiro atoms. The minimum Gasteiger partial charge on any atom is -0.481 e. The zero-order chi connectivity index (χ0) is 15.2. The summed E-state index contributed by atoms with van der Waals surface area (Å²) in [4.78, 5) is 11.4. The lowest BCUT2D eigenvalue weighted by Gasteiger charge is -2.19. The van der Waals surface area contributed by atoms with E-state index in [4.69, 9.17) is 0 Å². The molecule has 4 rings (SSSR count). The Morgan fingerprint density at radius 3 is 2.45 bits per heavy atom.